The third-order valence-corrected chi connectivity index (χ3v) is 4.80. The molecule has 0 aromatic heterocycles. The van der Waals surface area contributed by atoms with Crippen molar-refractivity contribution in [1.29, 1.82) is 0 Å². The number of phenolic OH excluding ortho intramolecular Hbond substituents is 1. The molecule has 0 saturated heterocycles. The van der Waals surface area contributed by atoms with Gasteiger partial charge >= 0.3 is 5.97 Å². The van der Waals surface area contributed by atoms with E-state index < -0.39 is 5.97 Å². The van der Waals surface area contributed by atoms with Crippen LogP contribution in [0.5, 0.6) is 5.75 Å². The minimum atomic E-state index is -0.969. The van der Waals surface area contributed by atoms with Crippen molar-refractivity contribution in [1.82, 2.24) is 0 Å². The normalized spacial score (nSPS) is 12.1. The first-order valence-corrected chi connectivity index (χ1v) is 9.75. The molecule has 2 N–H and O–H groups in total. The summed E-state index contributed by atoms with van der Waals surface area (Å²) in [6.45, 7) is 10.6. The predicted molar refractivity (Wildman–Crippen MR) is 112 cm³/mol. The lowest BCUT2D eigenvalue weighted by molar-refractivity contribution is 0.0697. The highest BCUT2D eigenvalue weighted by atomic mass is 16.4. The molecule has 28 heavy (non-hydrogen) atoms. The number of nitrogens with zero attached hydrogens (tertiary/aromatic N) is 2. The van der Waals surface area contributed by atoms with E-state index in [1.165, 1.54) is 12.1 Å². The van der Waals surface area contributed by atoms with Gasteiger partial charge in [-0.15, -0.1) is 0 Å². The quantitative estimate of drug-likeness (QED) is 0.493. The van der Waals surface area contributed by atoms with Crippen LogP contribution in [0.4, 0.5) is 11.4 Å². The van der Waals surface area contributed by atoms with Gasteiger partial charge in [-0.2, -0.15) is 10.2 Å². The average molecular weight is 383 g/mol. The molecule has 0 aliphatic heterocycles. The van der Waals surface area contributed by atoms with Gasteiger partial charge in [-0.1, -0.05) is 41.0 Å². The summed E-state index contributed by atoms with van der Waals surface area (Å²) < 4.78 is 0. The summed E-state index contributed by atoms with van der Waals surface area (Å²) in [4.78, 5) is 11.0. The molecular weight excluding hydrogens is 352 g/mol. The van der Waals surface area contributed by atoms with Gasteiger partial charge in [0.25, 0.3) is 0 Å². The zero-order valence-corrected chi connectivity index (χ0v) is 17.4. The molecular formula is C23H30N2O3. The molecule has 0 amide bonds. The molecule has 2 aromatic carbocycles. The first-order chi connectivity index (χ1) is 13.1. The number of aromatic carboxylic acids is 1. The van der Waals surface area contributed by atoms with Gasteiger partial charge in [0.1, 0.15) is 5.75 Å². The van der Waals surface area contributed by atoms with E-state index in [0.717, 1.165) is 30.4 Å². The summed E-state index contributed by atoms with van der Waals surface area (Å²) in [6.07, 6.45) is 2.74. The van der Waals surface area contributed by atoms with Crippen LogP contribution in [0.3, 0.4) is 0 Å². The number of rotatable bonds is 8. The number of carbonyl (C=O) groups is 1. The van der Waals surface area contributed by atoms with E-state index >= 15 is 0 Å². The Bertz CT molecular complexity index is 853. The second-order valence-corrected chi connectivity index (χ2v) is 8.28. The van der Waals surface area contributed by atoms with Crippen LogP contribution in [-0.4, -0.2) is 16.2 Å². The van der Waals surface area contributed by atoms with Gasteiger partial charge in [-0.05, 0) is 66.1 Å². The van der Waals surface area contributed by atoms with Crippen LogP contribution in [0.15, 0.2) is 46.6 Å². The lowest BCUT2D eigenvalue weighted by atomic mass is 9.78. The number of hydrogen-bond donors (Lipinski definition) is 2. The van der Waals surface area contributed by atoms with Crippen molar-refractivity contribution in [3.05, 3.63) is 53.1 Å². The van der Waals surface area contributed by atoms with Crippen molar-refractivity contribution in [2.24, 2.45) is 16.1 Å². The van der Waals surface area contributed by atoms with Crippen molar-refractivity contribution in [2.75, 3.05) is 0 Å². The van der Waals surface area contributed by atoms with Gasteiger partial charge in [0.2, 0.25) is 0 Å². The number of phenols is 1. The van der Waals surface area contributed by atoms with E-state index in [4.69, 9.17) is 5.11 Å². The second kappa shape index (κ2) is 9.00. The van der Waals surface area contributed by atoms with Crippen LogP contribution in [0.1, 0.15) is 68.9 Å². The van der Waals surface area contributed by atoms with Gasteiger partial charge in [0, 0.05) is 5.56 Å². The fourth-order valence-corrected chi connectivity index (χ4v) is 3.39. The Kier molecular flexibility index (Phi) is 6.95. The zero-order valence-electron chi connectivity index (χ0n) is 17.4. The Labute approximate surface area is 167 Å². The predicted octanol–water partition coefficient (Wildman–Crippen LogP) is 6.78. The van der Waals surface area contributed by atoms with E-state index in [1.807, 2.05) is 12.1 Å². The fraction of sp³-hybridized carbons (Fsp3) is 0.435. The van der Waals surface area contributed by atoms with Gasteiger partial charge in [0.05, 0.1) is 16.9 Å². The smallest absolute Gasteiger partial charge is 0.335 e. The molecule has 5 heteroatoms. The Morgan fingerprint density at radius 2 is 1.68 bits per heavy atom. The van der Waals surface area contributed by atoms with E-state index in [-0.39, 0.29) is 11.0 Å². The Morgan fingerprint density at radius 1 is 1.07 bits per heavy atom. The molecule has 150 valence electrons. The number of benzene rings is 2. The average Bonchev–Trinajstić information content (AvgIpc) is 2.61. The van der Waals surface area contributed by atoms with E-state index in [9.17, 15) is 9.90 Å². The fourth-order valence-electron chi connectivity index (χ4n) is 3.39. The molecule has 2 aromatic rings. The highest BCUT2D eigenvalue weighted by Gasteiger charge is 2.25. The molecule has 5 nitrogen and oxygen atoms in total. The maximum absolute atomic E-state index is 11.0. The molecule has 0 atom stereocenters. The molecule has 0 aliphatic carbocycles. The van der Waals surface area contributed by atoms with Crippen LogP contribution >= 0.6 is 0 Å². The molecule has 0 saturated carbocycles. The second-order valence-electron chi connectivity index (χ2n) is 8.28. The van der Waals surface area contributed by atoms with Gasteiger partial charge in [-0.3, -0.25) is 0 Å². The molecule has 0 radical (unpaired) electrons. The Balaban J connectivity index is 2.43. The lowest BCUT2D eigenvalue weighted by Crippen LogP contribution is -2.17. The maximum atomic E-state index is 11.0. The van der Waals surface area contributed by atoms with E-state index in [2.05, 4.69) is 44.8 Å². The van der Waals surface area contributed by atoms with Crippen LogP contribution < -0.4 is 0 Å². The number of aromatic hydroxyl groups is 1. The molecule has 0 aliphatic rings. The van der Waals surface area contributed by atoms with Crippen molar-refractivity contribution in [3.8, 4) is 5.75 Å². The van der Waals surface area contributed by atoms with Crippen LogP contribution in [-0.2, 0) is 11.8 Å². The summed E-state index contributed by atoms with van der Waals surface area (Å²) in [6, 6.07) is 10.1. The van der Waals surface area contributed by atoms with Crippen LogP contribution in [0, 0.1) is 5.92 Å². The first-order valence-electron chi connectivity index (χ1n) is 9.75. The van der Waals surface area contributed by atoms with Gasteiger partial charge < -0.3 is 10.2 Å². The number of carboxylic acids is 1. The lowest BCUT2D eigenvalue weighted by Gasteiger charge is -2.27. The number of hydrogen-bond acceptors (Lipinski definition) is 4. The summed E-state index contributed by atoms with van der Waals surface area (Å²) in [5.74, 6) is -0.205. The van der Waals surface area contributed by atoms with Crippen molar-refractivity contribution < 1.29 is 15.0 Å². The highest BCUT2D eigenvalue weighted by Crippen LogP contribution is 2.40. The number of azo groups is 1. The summed E-state index contributed by atoms with van der Waals surface area (Å²) >= 11 is 0. The molecule has 0 fully saturated rings. The largest absolute Gasteiger partial charge is 0.507 e. The molecule has 0 spiro atoms. The van der Waals surface area contributed by atoms with Crippen LogP contribution in [0.25, 0.3) is 0 Å². The minimum Gasteiger partial charge on any atom is -0.507 e. The SMILES string of the molecule is CCCC(C)(C)c1cc(N=Nc2ccc(C(=O)O)cc2)cc(CC(C)C)c1O. The maximum Gasteiger partial charge on any atom is 0.335 e. The van der Waals surface area contributed by atoms with Gasteiger partial charge in [-0.25, -0.2) is 4.79 Å². The van der Waals surface area contributed by atoms with Crippen LogP contribution in [0.2, 0.25) is 0 Å². The third kappa shape index (κ3) is 5.41. The van der Waals surface area contributed by atoms with Gasteiger partial charge in [0.15, 0.2) is 0 Å². The van der Waals surface area contributed by atoms with Crippen molar-refractivity contribution in [2.45, 2.75) is 59.3 Å². The monoisotopic (exact) mass is 382 g/mol. The standard InChI is InChI=1S/C23H30N2O3/c1-6-11-23(4,5)20-14-19(13-17(21(20)26)12-15(2)3)25-24-18-9-7-16(8-10-18)22(27)28/h7-10,13-15,26H,6,11-12H2,1-5H3,(H,27,28). The molecule has 0 unspecified atom stereocenters. The highest BCUT2D eigenvalue weighted by molar-refractivity contribution is 5.87. The van der Waals surface area contributed by atoms with Crippen molar-refractivity contribution >= 4 is 17.3 Å². The summed E-state index contributed by atoms with van der Waals surface area (Å²) in [7, 11) is 0. The van der Waals surface area contributed by atoms with E-state index in [0.29, 0.717) is 23.0 Å². The Morgan fingerprint density at radius 3 is 2.21 bits per heavy atom. The number of carboxylic acid groups (broad SMARTS) is 1. The topological polar surface area (TPSA) is 82.2 Å². The summed E-state index contributed by atoms with van der Waals surface area (Å²) in [5, 5.41) is 28.5. The zero-order chi connectivity index (χ0) is 20.9. The molecule has 0 bridgehead atoms. The molecule has 0 heterocycles. The van der Waals surface area contributed by atoms with Crippen molar-refractivity contribution in [3.63, 3.8) is 0 Å². The third-order valence-electron chi connectivity index (χ3n) is 4.80. The van der Waals surface area contributed by atoms with E-state index in [1.54, 1.807) is 12.1 Å². The first kappa shape index (κ1) is 21.6. The minimum absolute atomic E-state index is 0.167. The Hall–Kier alpha value is -2.69. The summed E-state index contributed by atoms with van der Waals surface area (Å²) in [5.41, 5.74) is 3.09. The molecule has 2 rings (SSSR count).